The lowest BCUT2D eigenvalue weighted by Crippen LogP contribution is -2.32. The quantitative estimate of drug-likeness (QED) is 0.598. The number of aliphatic hydroxyl groups excluding tert-OH is 1. The highest BCUT2D eigenvalue weighted by molar-refractivity contribution is 4.95. The van der Waals surface area contributed by atoms with Crippen molar-refractivity contribution in [1.29, 1.82) is 0 Å². The number of rotatable bonds is 3. The highest BCUT2D eigenvalue weighted by Crippen LogP contribution is 2.23. The van der Waals surface area contributed by atoms with Gasteiger partial charge in [-0.3, -0.25) is 0 Å². The topological polar surface area (TPSA) is 46.2 Å². The van der Waals surface area contributed by atoms with Crippen molar-refractivity contribution >= 4 is 0 Å². The van der Waals surface area contributed by atoms with E-state index in [1.807, 2.05) is 6.92 Å². The molecule has 0 heterocycles. The van der Waals surface area contributed by atoms with Gasteiger partial charge in [-0.25, -0.2) is 0 Å². The number of hydrogen-bond donors (Lipinski definition) is 2. The second kappa shape index (κ2) is 3.88. The summed E-state index contributed by atoms with van der Waals surface area (Å²) in [5, 5.41) is 9.43. The molecule has 2 atom stereocenters. The first-order chi connectivity index (χ1) is 5.20. The van der Waals surface area contributed by atoms with Crippen molar-refractivity contribution in [2.45, 2.75) is 38.3 Å². The Morgan fingerprint density at radius 1 is 1.55 bits per heavy atom. The van der Waals surface area contributed by atoms with Crippen molar-refractivity contribution in [3.8, 4) is 0 Å². The van der Waals surface area contributed by atoms with Crippen LogP contribution in [0.25, 0.3) is 0 Å². The SMILES string of the molecule is CC(N)C(O)CC1CC=CC1. The molecule has 64 valence electrons. The van der Waals surface area contributed by atoms with E-state index < -0.39 is 0 Å². The molecular weight excluding hydrogens is 138 g/mol. The van der Waals surface area contributed by atoms with Gasteiger partial charge in [0.1, 0.15) is 0 Å². The Labute approximate surface area is 68.1 Å². The third-order valence-electron chi connectivity index (χ3n) is 2.29. The van der Waals surface area contributed by atoms with Crippen LogP contribution in [0.1, 0.15) is 26.2 Å². The first-order valence-corrected chi connectivity index (χ1v) is 4.29. The summed E-state index contributed by atoms with van der Waals surface area (Å²) in [5.41, 5.74) is 5.54. The fourth-order valence-corrected chi connectivity index (χ4v) is 1.42. The predicted molar refractivity (Wildman–Crippen MR) is 46.1 cm³/mol. The average molecular weight is 155 g/mol. The first-order valence-electron chi connectivity index (χ1n) is 4.29. The number of hydrogen-bond acceptors (Lipinski definition) is 2. The molecule has 3 N–H and O–H groups in total. The van der Waals surface area contributed by atoms with Crippen LogP contribution in [0, 0.1) is 5.92 Å². The van der Waals surface area contributed by atoms with Crippen LogP contribution in [0.2, 0.25) is 0 Å². The summed E-state index contributed by atoms with van der Waals surface area (Å²) in [6, 6.07) is -0.0874. The van der Waals surface area contributed by atoms with Crippen molar-refractivity contribution in [1.82, 2.24) is 0 Å². The fourth-order valence-electron chi connectivity index (χ4n) is 1.42. The highest BCUT2D eigenvalue weighted by Gasteiger charge is 2.17. The predicted octanol–water partition coefficient (Wildman–Crippen LogP) is 1.05. The van der Waals surface area contributed by atoms with Gasteiger partial charge in [0.15, 0.2) is 0 Å². The van der Waals surface area contributed by atoms with E-state index in [1.54, 1.807) is 0 Å². The van der Waals surface area contributed by atoms with Crippen LogP contribution >= 0.6 is 0 Å². The van der Waals surface area contributed by atoms with E-state index in [0.717, 1.165) is 19.3 Å². The summed E-state index contributed by atoms with van der Waals surface area (Å²) >= 11 is 0. The molecule has 0 bridgehead atoms. The van der Waals surface area contributed by atoms with Crippen LogP contribution in [0.15, 0.2) is 12.2 Å². The smallest absolute Gasteiger partial charge is 0.0691 e. The second-order valence-electron chi connectivity index (χ2n) is 3.47. The van der Waals surface area contributed by atoms with E-state index in [4.69, 9.17) is 5.73 Å². The number of nitrogens with two attached hydrogens (primary N) is 1. The summed E-state index contributed by atoms with van der Waals surface area (Å²) in [6.45, 7) is 1.85. The van der Waals surface area contributed by atoms with E-state index in [-0.39, 0.29) is 12.1 Å². The van der Waals surface area contributed by atoms with Gasteiger partial charge in [-0.15, -0.1) is 0 Å². The Morgan fingerprint density at radius 3 is 2.55 bits per heavy atom. The zero-order valence-electron chi connectivity index (χ0n) is 7.03. The van der Waals surface area contributed by atoms with E-state index in [1.165, 1.54) is 0 Å². The standard InChI is InChI=1S/C9H17NO/c1-7(10)9(11)6-8-4-2-3-5-8/h2-3,7-9,11H,4-6,10H2,1H3. The molecule has 0 spiro atoms. The molecule has 1 aliphatic rings. The average Bonchev–Trinajstić information content (AvgIpc) is 2.39. The Balaban J connectivity index is 2.20. The number of allylic oxidation sites excluding steroid dienone is 2. The molecule has 0 radical (unpaired) electrons. The van der Waals surface area contributed by atoms with Crippen molar-refractivity contribution in [3.63, 3.8) is 0 Å². The van der Waals surface area contributed by atoms with E-state index in [0.29, 0.717) is 5.92 Å². The van der Waals surface area contributed by atoms with Crippen LogP contribution in [-0.4, -0.2) is 17.3 Å². The van der Waals surface area contributed by atoms with Crippen LogP contribution in [0.3, 0.4) is 0 Å². The minimum atomic E-state index is -0.320. The van der Waals surface area contributed by atoms with Gasteiger partial charge < -0.3 is 10.8 Å². The van der Waals surface area contributed by atoms with Gasteiger partial charge >= 0.3 is 0 Å². The summed E-state index contributed by atoms with van der Waals surface area (Å²) in [4.78, 5) is 0. The summed E-state index contributed by atoms with van der Waals surface area (Å²) in [7, 11) is 0. The molecule has 2 nitrogen and oxygen atoms in total. The minimum Gasteiger partial charge on any atom is -0.392 e. The Hall–Kier alpha value is -0.340. The maximum absolute atomic E-state index is 9.43. The second-order valence-corrected chi connectivity index (χ2v) is 3.47. The van der Waals surface area contributed by atoms with E-state index in [9.17, 15) is 5.11 Å². The molecule has 0 saturated carbocycles. The van der Waals surface area contributed by atoms with Gasteiger partial charge in [0, 0.05) is 6.04 Å². The Kier molecular flexibility index (Phi) is 3.09. The number of aliphatic hydroxyl groups is 1. The molecule has 0 aromatic heterocycles. The highest BCUT2D eigenvalue weighted by atomic mass is 16.3. The summed E-state index contributed by atoms with van der Waals surface area (Å²) < 4.78 is 0. The molecule has 0 fully saturated rings. The lowest BCUT2D eigenvalue weighted by Gasteiger charge is -2.18. The minimum absolute atomic E-state index is 0.0874. The molecule has 0 aromatic rings. The monoisotopic (exact) mass is 155 g/mol. The Bertz CT molecular complexity index is 134. The lowest BCUT2D eigenvalue weighted by atomic mass is 9.96. The maximum atomic E-state index is 9.43. The van der Waals surface area contributed by atoms with Crippen LogP contribution in [-0.2, 0) is 0 Å². The van der Waals surface area contributed by atoms with E-state index in [2.05, 4.69) is 12.2 Å². The zero-order chi connectivity index (χ0) is 8.27. The molecule has 2 heteroatoms. The molecule has 0 aliphatic heterocycles. The fraction of sp³-hybridized carbons (Fsp3) is 0.778. The van der Waals surface area contributed by atoms with Crippen LogP contribution < -0.4 is 5.73 Å². The van der Waals surface area contributed by atoms with Gasteiger partial charge in [0.05, 0.1) is 6.10 Å². The first kappa shape index (κ1) is 8.75. The zero-order valence-corrected chi connectivity index (χ0v) is 7.03. The van der Waals surface area contributed by atoms with Crippen molar-refractivity contribution < 1.29 is 5.11 Å². The van der Waals surface area contributed by atoms with Crippen molar-refractivity contribution in [2.75, 3.05) is 0 Å². The molecule has 1 aliphatic carbocycles. The lowest BCUT2D eigenvalue weighted by molar-refractivity contribution is 0.123. The summed E-state index contributed by atoms with van der Waals surface area (Å²) in [6.07, 6.45) is 7.12. The van der Waals surface area contributed by atoms with E-state index >= 15 is 0 Å². The Morgan fingerprint density at radius 2 is 2.09 bits per heavy atom. The normalized spacial score (nSPS) is 23.9. The molecule has 1 rings (SSSR count). The molecular formula is C9H17NO. The largest absolute Gasteiger partial charge is 0.392 e. The molecule has 0 saturated heterocycles. The van der Waals surface area contributed by atoms with Gasteiger partial charge in [0.2, 0.25) is 0 Å². The van der Waals surface area contributed by atoms with Crippen LogP contribution in [0.5, 0.6) is 0 Å². The van der Waals surface area contributed by atoms with Gasteiger partial charge in [-0.2, -0.15) is 0 Å². The van der Waals surface area contributed by atoms with Crippen LogP contribution in [0.4, 0.5) is 0 Å². The molecule has 0 aromatic carbocycles. The molecule has 2 unspecified atom stereocenters. The third-order valence-corrected chi connectivity index (χ3v) is 2.29. The van der Waals surface area contributed by atoms with Gasteiger partial charge in [0.25, 0.3) is 0 Å². The van der Waals surface area contributed by atoms with Crippen molar-refractivity contribution in [3.05, 3.63) is 12.2 Å². The molecule has 0 amide bonds. The van der Waals surface area contributed by atoms with Gasteiger partial charge in [-0.05, 0) is 32.1 Å². The third kappa shape index (κ3) is 2.64. The van der Waals surface area contributed by atoms with Gasteiger partial charge in [-0.1, -0.05) is 12.2 Å². The molecule has 11 heavy (non-hydrogen) atoms. The maximum Gasteiger partial charge on any atom is 0.0691 e. The summed E-state index contributed by atoms with van der Waals surface area (Å²) in [5.74, 6) is 0.635. The van der Waals surface area contributed by atoms with Crippen molar-refractivity contribution in [2.24, 2.45) is 11.7 Å².